The van der Waals surface area contributed by atoms with Gasteiger partial charge in [-0.3, -0.25) is 0 Å². The molecular formula is C15H35BrClN. The number of nitrogens with zero attached hydrogens (tertiary/aromatic N) is 1. The molecule has 1 nitrogen and oxygen atoms in total. The van der Waals surface area contributed by atoms with Gasteiger partial charge in [0.1, 0.15) is 0 Å². The van der Waals surface area contributed by atoms with Crippen LogP contribution in [0.4, 0.5) is 0 Å². The monoisotopic (exact) mass is 343 g/mol. The number of rotatable bonds is 11. The molecule has 0 N–H and O–H groups in total. The lowest BCUT2D eigenvalue weighted by atomic mass is 10.1. The van der Waals surface area contributed by atoms with Crippen molar-refractivity contribution < 1.29 is 16.9 Å². The molecule has 0 saturated carbocycles. The van der Waals surface area contributed by atoms with E-state index in [0.717, 1.165) is 4.48 Å². The molecule has 0 aromatic heterocycles. The van der Waals surface area contributed by atoms with Crippen molar-refractivity contribution in [3.8, 4) is 0 Å². The molecule has 0 rings (SSSR count). The summed E-state index contributed by atoms with van der Waals surface area (Å²) >= 11 is 0. The van der Waals surface area contributed by atoms with E-state index < -0.39 is 0 Å². The van der Waals surface area contributed by atoms with Crippen molar-refractivity contribution in [1.29, 1.82) is 0 Å². The first-order chi connectivity index (χ1) is 7.56. The van der Waals surface area contributed by atoms with Crippen LogP contribution < -0.4 is 12.4 Å². The van der Waals surface area contributed by atoms with Gasteiger partial charge >= 0.3 is 0 Å². The van der Waals surface area contributed by atoms with Crippen LogP contribution >= 0.6 is 17.0 Å². The molecule has 0 aliphatic rings. The van der Waals surface area contributed by atoms with E-state index in [1.807, 2.05) is 0 Å². The second-order valence-corrected chi connectivity index (χ2v) is 6.20. The Labute approximate surface area is 132 Å². The highest BCUT2D eigenvalue weighted by Crippen LogP contribution is 2.10. The van der Waals surface area contributed by atoms with Gasteiger partial charge in [-0.15, -0.1) is 17.0 Å². The average Bonchev–Trinajstić information content (AvgIpc) is 2.19. The van der Waals surface area contributed by atoms with Gasteiger partial charge in [0.05, 0.1) is 27.7 Å². The number of unbranched alkanes of at least 4 members (excludes halogenated alkanes) is 9. The van der Waals surface area contributed by atoms with Crippen molar-refractivity contribution >= 4 is 17.0 Å². The summed E-state index contributed by atoms with van der Waals surface area (Å²) in [6, 6.07) is 0. The minimum Gasteiger partial charge on any atom is -1.00 e. The van der Waals surface area contributed by atoms with Gasteiger partial charge < -0.3 is 16.9 Å². The van der Waals surface area contributed by atoms with Crippen LogP contribution in [0.5, 0.6) is 0 Å². The lowest BCUT2D eigenvalue weighted by molar-refractivity contribution is -0.870. The average molecular weight is 345 g/mol. The Kier molecular flexibility index (Phi) is 20.9. The Bertz CT molecular complexity index is 146. The number of halogens is 2. The third kappa shape index (κ3) is 22.0. The summed E-state index contributed by atoms with van der Waals surface area (Å²) in [6.07, 6.45) is 14.4. The third-order valence-corrected chi connectivity index (χ3v) is 3.18. The highest BCUT2D eigenvalue weighted by Gasteiger charge is 2.04. The van der Waals surface area contributed by atoms with E-state index in [-0.39, 0.29) is 29.4 Å². The van der Waals surface area contributed by atoms with Crippen LogP contribution in [0.25, 0.3) is 0 Å². The van der Waals surface area contributed by atoms with Crippen molar-refractivity contribution in [2.75, 3.05) is 27.7 Å². The van der Waals surface area contributed by atoms with Gasteiger partial charge in [0.25, 0.3) is 0 Å². The number of quaternary nitrogens is 1. The maximum atomic E-state index is 2.29. The van der Waals surface area contributed by atoms with E-state index >= 15 is 0 Å². The van der Waals surface area contributed by atoms with Crippen molar-refractivity contribution in [3.63, 3.8) is 0 Å². The van der Waals surface area contributed by atoms with E-state index in [1.54, 1.807) is 0 Å². The van der Waals surface area contributed by atoms with Gasteiger partial charge in [0, 0.05) is 0 Å². The molecule has 0 aliphatic heterocycles. The van der Waals surface area contributed by atoms with Crippen LogP contribution in [0.15, 0.2) is 0 Å². The molecule has 0 heterocycles. The van der Waals surface area contributed by atoms with Crippen molar-refractivity contribution in [2.24, 2.45) is 0 Å². The van der Waals surface area contributed by atoms with Gasteiger partial charge in [0.2, 0.25) is 0 Å². The maximum Gasteiger partial charge on any atom is 0.0780 e. The topological polar surface area (TPSA) is 0 Å². The molecule has 0 fully saturated rings. The molecule has 0 atom stereocenters. The molecule has 0 unspecified atom stereocenters. The number of hydrogen-bond donors (Lipinski definition) is 0. The summed E-state index contributed by atoms with van der Waals surface area (Å²) < 4.78 is 1.12. The van der Waals surface area contributed by atoms with E-state index in [1.165, 1.54) is 70.8 Å². The molecule has 0 saturated heterocycles. The second kappa shape index (κ2) is 15.8. The van der Waals surface area contributed by atoms with Gasteiger partial charge in [-0.1, -0.05) is 58.3 Å². The Morgan fingerprint density at radius 2 is 0.944 bits per heavy atom. The van der Waals surface area contributed by atoms with Crippen molar-refractivity contribution in [3.05, 3.63) is 0 Å². The third-order valence-electron chi connectivity index (χ3n) is 3.18. The van der Waals surface area contributed by atoms with Crippen LogP contribution in [0, 0.1) is 0 Å². The molecule has 0 bridgehead atoms. The highest BCUT2D eigenvalue weighted by molar-refractivity contribution is 8.93. The highest BCUT2D eigenvalue weighted by atomic mass is 79.9. The predicted octanol–water partition coefficient (Wildman–Crippen LogP) is 2.20. The van der Waals surface area contributed by atoms with Crippen LogP contribution in [0.3, 0.4) is 0 Å². The van der Waals surface area contributed by atoms with Gasteiger partial charge in [0.15, 0.2) is 0 Å². The largest absolute Gasteiger partial charge is 1.00 e. The van der Waals surface area contributed by atoms with Crippen LogP contribution in [-0.2, 0) is 0 Å². The lowest BCUT2D eigenvalue weighted by Gasteiger charge is -2.23. The zero-order valence-corrected chi connectivity index (χ0v) is 15.5. The maximum absolute atomic E-state index is 2.29. The summed E-state index contributed by atoms with van der Waals surface area (Å²) in [6.45, 7) is 3.62. The molecule has 114 valence electrons. The fourth-order valence-electron chi connectivity index (χ4n) is 2.07. The molecule has 0 aromatic carbocycles. The minimum absolute atomic E-state index is 0. The van der Waals surface area contributed by atoms with Crippen LogP contribution in [0.2, 0.25) is 0 Å². The SMILES string of the molecule is Br.CCCCCCCCCCCC[N+](C)(C)C.[Cl-]. The summed E-state index contributed by atoms with van der Waals surface area (Å²) in [5.41, 5.74) is 0. The Morgan fingerprint density at radius 3 is 1.28 bits per heavy atom. The smallest absolute Gasteiger partial charge is 0.0780 e. The molecule has 0 radical (unpaired) electrons. The fraction of sp³-hybridized carbons (Fsp3) is 1.00. The summed E-state index contributed by atoms with van der Waals surface area (Å²) in [4.78, 5) is 0. The van der Waals surface area contributed by atoms with Gasteiger partial charge in [-0.2, -0.15) is 0 Å². The molecule has 0 spiro atoms. The van der Waals surface area contributed by atoms with E-state index in [4.69, 9.17) is 0 Å². The standard InChI is InChI=1S/C15H34N.BrH.ClH/c1-5-6-7-8-9-10-11-12-13-14-15-16(2,3)4;;/h5-15H2,1-4H3;2*1H/q+1;;/p-1. The Balaban J connectivity index is -0.00000112. The molecule has 3 heteroatoms. The quantitative estimate of drug-likeness (QED) is 0.398. The molecule has 0 aliphatic carbocycles. The zero-order valence-electron chi connectivity index (χ0n) is 13.0. The normalized spacial score (nSPS) is 10.7. The first kappa shape index (κ1) is 23.8. The summed E-state index contributed by atoms with van der Waals surface area (Å²) in [5, 5.41) is 0. The van der Waals surface area contributed by atoms with Crippen molar-refractivity contribution in [2.45, 2.75) is 71.1 Å². The van der Waals surface area contributed by atoms with E-state index in [2.05, 4.69) is 28.1 Å². The second-order valence-electron chi connectivity index (χ2n) is 6.20. The Morgan fingerprint density at radius 1 is 0.611 bits per heavy atom. The first-order valence-corrected chi connectivity index (χ1v) is 7.36. The number of hydrogen-bond acceptors (Lipinski definition) is 0. The predicted molar refractivity (Wildman–Crippen MR) is 85.1 cm³/mol. The lowest BCUT2D eigenvalue weighted by Crippen LogP contribution is -3.00. The minimum atomic E-state index is 0. The van der Waals surface area contributed by atoms with Crippen LogP contribution in [-0.4, -0.2) is 32.2 Å². The van der Waals surface area contributed by atoms with Gasteiger partial charge in [-0.05, 0) is 12.8 Å². The zero-order chi connectivity index (χ0) is 12.3. The van der Waals surface area contributed by atoms with E-state index in [0.29, 0.717) is 0 Å². The summed E-state index contributed by atoms with van der Waals surface area (Å²) in [7, 11) is 6.86. The molecule has 18 heavy (non-hydrogen) atoms. The van der Waals surface area contributed by atoms with Gasteiger partial charge in [-0.25, -0.2) is 0 Å². The molecule has 0 aromatic rings. The van der Waals surface area contributed by atoms with Crippen LogP contribution in [0.1, 0.15) is 71.1 Å². The fourth-order valence-corrected chi connectivity index (χ4v) is 2.07. The first-order valence-electron chi connectivity index (χ1n) is 7.36. The summed E-state index contributed by atoms with van der Waals surface area (Å²) in [5.74, 6) is 0. The molecule has 0 amide bonds. The molecular weight excluding hydrogens is 310 g/mol. The van der Waals surface area contributed by atoms with Crippen molar-refractivity contribution in [1.82, 2.24) is 0 Å². The van der Waals surface area contributed by atoms with E-state index in [9.17, 15) is 0 Å². The Hall–Kier alpha value is 0.730.